The standard InChI is InChI=1S/C18H20N4OS/c1-24-17-14-16(20-15(19-14)13-9-5-6-10-13)22(18(23)21-17)11-12-7-3-2-4-8-12/h2-4,7-8,13H,5-6,9-11H2,1H3,(H,19,20). The topological polar surface area (TPSA) is 63.6 Å². The first kappa shape index (κ1) is 15.4. The molecule has 0 radical (unpaired) electrons. The van der Waals surface area contributed by atoms with Crippen LogP contribution in [0.4, 0.5) is 0 Å². The predicted molar refractivity (Wildman–Crippen MR) is 96.7 cm³/mol. The van der Waals surface area contributed by atoms with Crippen LogP contribution in [0.15, 0.2) is 40.2 Å². The zero-order valence-electron chi connectivity index (χ0n) is 13.7. The summed E-state index contributed by atoms with van der Waals surface area (Å²) in [5, 5.41) is 0.732. The first-order valence-electron chi connectivity index (χ1n) is 8.34. The summed E-state index contributed by atoms with van der Waals surface area (Å²) in [5.74, 6) is 1.49. The van der Waals surface area contributed by atoms with Crippen molar-refractivity contribution in [1.82, 2.24) is 19.5 Å². The predicted octanol–water partition coefficient (Wildman–Crippen LogP) is 3.55. The lowest BCUT2D eigenvalue weighted by Gasteiger charge is -2.07. The highest BCUT2D eigenvalue weighted by molar-refractivity contribution is 7.98. The SMILES string of the molecule is CSc1nc(=O)n(Cc2ccccc2)c2nc(C3CCCC3)[nH]c12. The number of fused-ring (bicyclic) bond motifs is 1. The number of aromatic amines is 1. The molecular weight excluding hydrogens is 320 g/mol. The summed E-state index contributed by atoms with van der Waals surface area (Å²) in [7, 11) is 0. The molecule has 124 valence electrons. The number of H-pyrrole nitrogens is 1. The van der Waals surface area contributed by atoms with Crippen molar-refractivity contribution in [3.05, 3.63) is 52.2 Å². The molecule has 3 aromatic rings. The quantitative estimate of drug-likeness (QED) is 0.583. The Bertz CT molecular complexity index is 910. The molecule has 0 amide bonds. The Balaban J connectivity index is 1.85. The summed E-state index contributed by atoms with van der Waals surface area (Å²) in [6.45, 7) is 0.493. The second-order valence-corrected chi connectivity index (χ2v) is 7.07. The van der Waals surface area contributed by atoms with Gasteiger partial charge in [-0.2, -0.15) is 4.98 Å². The Morgan fingerprint density at radius 2 is 1.96 bits per heavy atom. The third kappa shape index (κ3) is 2.75. The van der Waals surface area contributed by atoms with E-state index in [0.717, 1.165) is 27.6 Å². The summed E-state index contributed by atoms with van der Waals surface area (Å²) in [6.07, 6.45) is 6.80. The van der Waals surface area contributed by atoms with Gasteiger partial charge in [0.2, 0.25) is 0 Å². The maximum atomic E-state index is 12.5. The van der Waals surface area contributed by atoms with Gasteiger partial charge < -0.3 is 4.98 Å². The lowest BCUT2D eigenvalue weighted by molar-refractivity contribution is 0.678. The van der Waals surface area contributed by atoms with Crippen LogP contribution in [-0.4, -0.2) is 25.8 Å². The molecule has 1 fully saturated rings. The molecule has 1 saturated carbocycles. The fraction of sp³-hybridized carbons (Fsp3) is 0.389. The number of aromatic nitrogens is 4. The lowest BCUT2D eigenvalue weighted by atomic mass is 10.1. The number of hydrogen-bond donors (Lipinski definition) is 1. The van der Waals surface area contributed by atoms with Crippen LogP contribution in [0, 0.1) is 0 Å². The van der Waals surface area contributed by atoms with E-state index < -0.39 is 0 Å². The van der Waals surface area contributed by atoms with Crippen molar-refractivity contribution in [2.45, 2.75) is 43.2 Å². The minimum absolute atomic E-state index is 0.236. The zero-order valence-corrected chi connectivity index (χ0v) is 14.5. The average molecular weight is 340 g/mol. The average Bonchev–Trinajstić information content (AvgIpc) is 3.27. The van der Waals surface area contributed by atoms with Crippen LogP contribution in [0.25, 0.3) is 11.2 Å². The van der Waals surface area contributed by atoms with Gasteiger partial charge in [-0.1, -0.05) is 43.2 Å². The highest BCUT2D eigenvalue weighted by atomic mass is 32.2. The summed E-state index contributed by atoms with van der Waals surface area (Å²) in [5.41, 5.74) is 2.45. The van der Waals surface area contributed by atoms with Gasteiger partial charge in [0.05, 0.1) is 6.54 Å². The number of rotatable bonds is 4. The molecule has 0 aliphatic heterocycles. The largest absolute Gasteiger partial charge is 0.350 e. The van der Waals surface area contributed by atoms with E-state index in [1.54, 1.807) is 4.57 Å². The van der Waals surface area contributed by atoms with Crippen LogP contribution in [0.2, 0.25) is 0 Å². The molecule has 0 atom stereocenters. The van der Waals surface area contributed by atoms with Crippen LogP contribution in [0.1, 0.15) is 43.0 Å². The van der Waals surface area contributed by atoms with Crippen molar-refractivity contribution in [3.8, 4) is 0 Å². The summed E-state index contributed by atoms with van der Waals surface area (Å²) >= 11 is 1.49. The normalized spacial score (nSPS) is 15.4. The first-order chi connectivity index (χ1) is 11.8. The van der Waals surface area contributed by atoms with E-state index in [9.17, 15) is 4.79 Å². The molecular formula is C18H20N4OS. The number of thioether (sulfide) groups is 1. The number of nitrogens with one attached hydrogen (secondary N) is 1. The Labute approximate surface area is 144 Å². The molecule has 1 aliphatic rings. The Morgan fingerprint density at radius 1 is 1.21 bits per heavy atom. The lowest BCUT2D eigenvalue weighted by Crippen LogP contribution is -2.24. The van der Waals surface area contributed by atoms with E-state index >= 15 is 0 Å². The molecule has 2 aromatic heterocycles. The van der Waals surface area contributed by atoms with Crippen molar-refractivity contribution in [2.75, 3.05) is 6.26 Å². The highest BCUT2D eigenvalue weighted by Gasteiger charge is 2.23. The van der Waals surface area contributed by atoms with Crippen molar-refractivity contribution in [3.63, 3.8) is 0 Å². The summed E-state index contributed by atoms with van der Waals surface area (Å²) in [6, 6.07) is 9.98. The van der Waals surface area contributed by atoms with Gasteiger partial charge >= 0.3 is 5.69 Å². The summed E-state index contributed by atoms with van der Waals surface area (Å²) in [4.78, 5) is 25.1. The minimum Gasteiger partial charge on any atom is -0.338 e. The minimum atomic E-state index is -0.236. The maximum Gasteiger partial charge on any atom is 0.350 e. The van der Waals surface area contributed by atoms with Crippen LogP contribution >= 0.6 is 11.8 Å². The van der Waals surface area contributed by atoms with Gasteiger partial charge in [0.25, 0.3) is 0 Å². The van der Waals surface area contributed by atoms with Crippen LogP contribution < -0.4 is 5.69 Å². The van der Waals surface area contributed by atoms with E-state index in [1.807, 2.05) is 36.6 Å². The van der Waals surface area contributed by atoms with Crippen LogP contribution in [-0.2, 0) is 6.54 Å². The van der Waals surface area contributed by atoms with E-state index in [4.69, 9.17) is 4.98 Å². The van der Waals surface area contributed by atoms with Crippen molar-refractivity contribution >= 4 is 22.9 Å². The molecule has 0 spiro atoms. The molecule has 0 bridgehead atoms. The fourth-order valence-electron chi connectivity index (χ4n) is 3.47. The van der Waals surface area contributed by atoms with Gasteiger partial charge in [0.15, 0.2) is 5.65 Å². The Hall–Kier alpha value is -2.08. The Kier molecular flexibility index (Phi) is 4.14. The maximum absolute atomic E-state index is 12.5. The van der Waals surface area contributed by atoms with Crippen molar-refractivity contribution < 1.29 is 0 Å². The highest BCUT2D eigenvalue weighted by Crippen LogP contribution is 2.34. The van der Waals surface area contributed by atoms with Crippen molar-refractivity contribution in [1.29, 1.82) is 0 Å². The molecule has 0 saturated heterocycles. The van der Waals surface area contributed by atoms with Gasteiger partial charge in [-0.3, -0.25) is 4.57 Å². The van der Waals surface area contributed by atoms with E-state index in [0.29, 0.717) is 12.5 Å². The van der Waals surface area contributed by atoms with Crippen LogP contribution in [0.3, 0.4) is 0 Å². The monoisotopic (exact) mass is 340 g/mol. The van der Waals surface area contributed by atoms with E-state index in [2.05, 4.69) is 9.97 Å². The van der Waals surface area contributed by atoms with Gasteiger partial charge in [-0.25, -0.2) is 9.78 Å². The molecule has 2 heterocycles. The van der Waals surface area contributed by atoms with Gasteiger partial charge in [0.1, 0.15) is 16.4 Å². The molecule has 5 nitrogen and oxygen atoms in total. The molecule has 24 heavy (non-hydrogen) atoms. The van der Waals surface area contributed by atoms with Gasteiger partial charge in [-0.05, 0) is 24.7 Å². The zero-order chi connectivity index (χ0) is 16.5. The van der Waals surface area contributed by atoms with E-state index in [-0.39, 0.29) is 5.69 Å². The molecule has 1 N–H and O–H groups in total. The third-order valence-corrected chi connectivity index (χ3v) is 5.40. The smallest absolute Gasteiger partial charge is 0.338 e. The van der Waals surface area contributed by atoms with E-state index in [1.165, 1.54) is 37.4 Å². The van der Waals surface area contributed by atoms with Crippen molar-refractivity contribution in [2.24, 2.45) is 0 Å². The number of imidazole rings is 1. The number of nitrogens with zero attached hydrogens (tertiary/aromatic N) is 3. The fourth-order valence-corrected chi connectivity index (χ4v) is 3.98. The molecule has 1 aliphatic carbocycles. The Morgan fingerprint density at radius 3 is 2.67 bits per heavy atom. The van der Waals surface area contributed by atoms with Gasteiger partial charge in [-0.15, -0.1) is 11.8 Å². The third-order valence-electron chi connectivity index (χ3n) is 4.72. The molecule has 1 aromatic carbocycles. The first-order valence-corrected chi connectivity index (χ1v) is 9.57. The van der Waals surface area contributed by atoms with Gasteiger partial charge in [0, 0.05) is 5.92 Å². The molecule has 0 unspecified atom stereocenters. The second kappa shape index (κ2) is 6.43. The molecule has 6 heteroatoms. The molecule has 4 rings (SSSR count). The number of hydrogen-bond acceptors (Lipinski definition) is 4. The summed E-state index contributed by atoms with van der Waals surface area (Å²) < 4.78 is 1.68. The second-order valence-electron chi connectivity index (χ2n) is 6.28. The number of benzene rings is 1. The van der Waals surface area contributed by atoms with Crippen LogP contribution in [0.5, 0.6) is 0 Å².